The summed E-state index contributed by atoms with van der Waals surface area (Å²) in [5.41, 5.74) is -0.00176. The van der Waals surface area contributed by atoms with Crippen molar-refractivity contribution in [3.63, 3.8) is 0 Å². The third kappa shape index (κ3) is 1.79. The van der Waals surface area contributed by atoms with Crippen molar-refractivity contribution in [3.05, 3.63) is 42.2 Å². The molecule has 0 unspecified atom stereocenters. The summed E-state index contributed by atoms with van der Waals surface area (Å²) in [6.07, 6.45) is 1.47. The van der Waals surface area contributed by atoms with Crippen LogP contribution in [-0.4, -0.2) is 11.0 Å². The van der Waals surface area contributed by atoms with E-state index in [0.29, 0.717) is 5.39 Å². The van der Waals surface area contributed by atoms with Gasteiger partial charge in [-0.2, -0.15) is 0 Å². The molecule has 4 heteroatoms. The zero-order valence-electron chi connectivity index (χ0n) is 7.73. The molecule has 0 atom stereocenters. The van der Waals surface area contributed by atoms with Crippen molar-refractivity contribution in [1.29, 1.82) is 0 Å². The Morgan fingerprint density at radius 2 is 1.93 bits per heavy atom. The average Bonchev–Trinajstić information content (AvgIpc) is 2.17. The number of benzene rings is 1. The number of hydrogen-bond acceptors (Lipinski definition) is 3. The molecule has 2 aromatic rings. The fraction of sp³-hybridized carbons (Fsp3) is 0. The van der Waals surface area contributed by atoms with Gasteiger partial charge in [0.1, 0.15) is 0 Å². The van der Waals surface area contributed by atoms with Gasteiger partial charge in [-0.3, -0.25) is 4.98 Å². The molecule has 0 aliphatic carbocycles. The van der Waals surface area contributed by atoms with Gasteiger partial charge in [0.05, 0.1) is 11.7 Å². The molecule has 0 saturated carbocycles. The fourth-order valence-electron chi connectivity index (χ4n) is 1.28. The second-order valence-electron chi connectivity index (χ2n) is 2.67. The molecule has 0 N–H and O–H groups in total. The number of fused-ring (bicyclic) bond motifs is 1. The summed E-state index contributed by atoms with van der Waals surface area (Å²) < 4.78 is 0. The second kappa shape index (κ2) is 4.27. The van der Waals surface area contributed by atoms with Gasteiger partial charge < -0.3 is 9.90 Å². The summed E-state index contributed by atoms with van der Waals surface area (Å²) in [5, 5.41) is 12.1. The molecule has 3 nitrogen and oxygen atoms in total. The Kier molecular flexibility index (Phi) is 3.29. The van der Waals surface area contributed by atoms with Gasteiger partial charge in [-0.1, -0.05) is 24.3 Å². The fourth-order valence-corrected chi connectivity index (χ4v) is 1.28. The summed E-state index contributed by atoms with van der Waals surface area (Å²) in [6.45, 7) is 0. The van der Waals surface area contributed by atoms with Gasteiger partial charge in [0, 0.05) is 11.6 Å². The van der Waals surface area contributed by atoms with E-state index in [9.17, 15) is 9.90 Å². The third-order valence-corrected chi connectivity index (χ3v) is 1.87. The van der Waals surface area contributed by atoms with Crippen molar-refractivity contribution in [2.24, 2.45) is 0 Å². The largest absolute Gasteiger partial charge is 1.00 e. The number of hydrogen-bond donors (Lipinski definition) is 0. The maximum atomic E-state index is 10.6. The molecule has 0 saturated heterocycles. The molecular weight excluding hydrogens is 173 g/mol. The summed E-state index contributed by atoms with van der Waals surface area (Å²) in [5.74, 6) is -1.24. The molecule has 2 rings (SSSR count). The van der Waals surface area contributed by atoms with Gasteiger partial charge in [0.2, 0.25) is 0 Å². The predicted molar refractivity (Wildman–Crippen MR) is 46.1 cm³/mol. The number of carboxylic acid groups (broad SMARTS) is 1. The molecular formula is C10H6LiNO2. The van der Waals surface area contributed by atoms with Crippen molar-refractivity contribution in [2.75, 3.05) is 0 Å². The number of aromatic nitrogens is 1. The van der Waals surface area contributed by atoms with Crippen LogP contribution in [0.5, 0.6) is 0 Å². The topological polar surface area (TPSA) is 53.0 Å². The van der Waals surface area contributed by atoms with Gasteiger partial charge in [-0.15, -0.1) is 0 Å². The van der Waals surface area contributed by atoms with E-state index in [1.807, 2.05) is 12.1 Å². The molecule has 0 aliphatic heterocycles. The van der Waals surface area contributed by atoms with E-state index < -0.39 is 5.97 Å². The van der Waals surface area contributed by atoms with Crippen molar-refractivity contribution >= 4 is 16.7 Å². The van der Waals surface area contributed by atoms with Crippen molar-refractivity contribution < 1.29 is 28.8 Å². The second-order valence-corrected chi connectivity index (χ2v) is 2.67. The smallest absolute Gasteiger partial charge is 0.543 e. The summed E-state index contributed by atoms with van der Waals surface area (Å²) in [6, 6.07) is 8.94. The number of carboxylic acids is 1. The van der Waals surface area contributed by atoms with E-state index in [1.54, 1.807) is 18.2 Å². The monoisotopic (exact) mass is 179 g/mol. The van der Waals surface area contributed by atoms with Crippen LogP contribution < -0.4 is 24.0 Å². The Balaban J connectivity index is 0.000000980. The number of aromatic carboxylic acids is 1. The van der Waals surface area contributed by atoms with Crippen LogP contribution in [0.25, 0.3) is 10.8 Å². The van der Waals surface area contributed by atoms with Gasteiger partial charge in [0.25, 0.3) is 0 Å². The van der Waals surface area contributed by atoms with E-state index in [-0.39, 0.29) is 24.6 Å². The van der Waals surface area contributed by atoms with E-state index in [2.05, 4.69) is 4.98 Å². The first-order valence-corrected chi connectivity index (χ1v) is 3.84. The zero-order valence-corrected chi connectivity index (χ0v) is 7.73. The van der Waals surface area contributed by atoms with Crippen LogP contribution in [0.2, 0.25) is 0 Å². The SMILES string of the molecule is O=C([O-])c1nccc2ccccc12.[Li+]. The van der Waals surface area contributed by atoms with Gasteiger partial charge in [-0.25, -0.2) is 0 Å². The van der Waals surface area contributed by atoms with Crippen LogP contribution in [0.3, 0.4) is 0 Å². The number of nitrogens with zero attached hydrogens (tertiary/aromatic N) is 1. The molecule has 1 heterocycles. The Morgan fingerprint density at radius 3 is 2.64 bits per heavy atom. The summed E-state index contributed by atoms with van der Waals surface area (Å²) in [4.78, 5) is 14.4. The van der Waals surface area contributed by atoms with Gasteiger partial charge in [-0.05, 0) is 11.5 Å². The van der Waals surface area contributed by atoms with Crippen LogP contribution in [0.15, 0.2) is 36.5 Å². The minimum atomic E-state index is -1.24. The molecule has 14 heavy (non-hydrogen) atoms. The first-order chi connectivity index (χ1) is 6.29. The van der Waals surface area contributed by atoms with Crippen molar-refractivity contribution in [2.45, 2.75) is 0 Å². The summed E-state index contributed by atoms with van der Waals surface area (Å²) >= 11 is 0. The first-order valence-electron chi connectivity index (χ1n) is 3.84. The minimum absolute atomic E-state index is 0. The van der Waals surface area contributed by atoms with Crippen LogP contribution in [0.1, 0.15) is 10.5 Å². The quantitative estimate of drug-likeness (QED) is 0.459. The standard InChI is InChI=1S/C10H7NO2.Li/c12-10(13)9-8-4-2-1-3-7(8)5-6-11-9;/h1-6H,(H,12,13);/q;+1/p-1. The molecule has 0 aliphatic rings. The van der Waals surface area contributed by atoms with Crippen LogP contribution in [-0.2, 0) is 0 Å². The molecule has 0 fully saturated rings. The third-order valence-electron chi connectivity index (χ3n) is 1.87. The summed E-state index contributed by atoms with van der Waals surface area (Å²) in [7, 11) is 0. The van der Waals surface area contributed by atoms with E-state index in [1.165, 1.54) is 6.20 Å². The molecule has 0 radical (unpaired) electrons. The Hall–Kier alpha value is -1.30. The average molecular weight is 179 g/mol. The Labute approximate surface area is 93.0 Å². The van der Waals surface area contributed by atoms with Crippen LogP contribution in [0.4, 0.5) is 0 Å². The van der Waals surface area contributed by atoms with Gasteiger partial charge >= 0.3 is 18.9 Å². The number of carbonyl (C=O) groups excluding carboxylic acids is 1. The van der Waals surface area contributed by atoms with E-state index in [0.717, 1.165) is 5.39 Å². The molecule has 1 aromatic carbocycles. The van der Waals surface area contributed by atoms with Crippen LogP contribution in [0, 0.1) is 0 Å². The molecule has 64 valence electrons. The Bertz CT molecular complexity index is 465. The van der Waals surface area contributed by atoms with Gasteiger partial charge in [0.15, 0.2) is 0 Å². The number of rotatable bonds is 1. The normalized spacial score (nSPS) is 9.43. The predicted octanol–water partition coefficient (Wildman–Crippen LogP) is -2.40. The maximum absolute atomic E-state index is 10.6. The molecule has 0 bridgehead atoms. The van der Waals surface area contributed by atoms with E-state index >= 15 is 0 Å². The van der Waals surface area contributed by atoms with E-state index in [4.69, 9.17) is 0 Å². The van der Waals surface area contributed by atoms with Crippen molar-refractivity contribution in [3.8, 4) is 0 Å². The number of pyridine rings is 1. The minimum Gasteiger partial charge on any atom is -0.543 e. The molecule has 0 spiro atoms. The zero-order chi connectivity index (χ0) is 9.26. The van der Waals surface area contributed by atoms with Crippen LogP contribution >= 0.6 is 0 Å². The maximum Gasteiger partial charge on any atom is 1.00 e. The first kappa shape index (κ1) is 10.8. The molecule has 0 amide bonds. The number of carbonyl (C=O) groups is 1. The van der Waals surface area contributed by atoms with Crippen molar-refractivity contribution in [1.82, 2.24) is 4.98 Å². The molecule has 1 aromatic heterocycles. The Morgan fingerprint density at radius 1 is 1.21 bits per heavy atom.